The number of aliphatic hydroxyl groups is 1. The summed E-state index contributed by atoms with van der Waals surface area (Å²) in [7, 11) is 0. The van der Waals surface area contributed by atoms with Crippen LogP contribution in [0.25, 0.3) is 0 Å². The molecule has 0 saturated heterocycles. The molecule has 1 atom stereocenters. The van der Waals surface area contributed by atoms with Gasteiger partial charge in [0.2, 0.25) is 0 Å². The summed E-state index contributed by atoms with van der Waals surface area (Å²) in [5, 5.41) is 14.5. The molecule has 1 aromatic heterocycles. The van der Waals surface area contributed by atoms with Gasteiger partial charge in [-0.15, -0.1) is 0 Å². The van der Waals surface area contributed by atoms with E-state index in [9.17, 15) is 9.50 Å². The van der Waals surface area contributed by atoms with Gasteiger partial charge in [-0.2, -0.15) is 5.10 Å². The van der Waals surface area contributed by atoms with E-state index in [1.807, 2.05) is 30.8 Å². The van der Waals surface area contributed by atoms with Crippen molar-refractivity contribution < 1.29 is 9.50 Å². The van der Waals surface area contributed by atoms with Crippen molar-refractivity contribution in [3.63, 3.8) is 0 Å². The molecule has 1 heterocycles. The Balaban J connectivity index is 2.15. The van der Waals surface area contributed by atoms with Crippen LogP contribution in [0.15, 0.2) is 34.9 Å². The monoisotopic (exact) mass is 326 g/mol. The first-order chi connectivity index (χ1) is 8.97. The molecule has 102 valence electrons. The third kappa shape index (κ3) is 3.42. The normalized spacial score (nSPS) is 12.9. The Morgan fingerprint density at radius 2 is 2.11 bits per heavy atom. The predicted molar refractivity (Wildman–Crippen MR) is 75.4 cm³/mol. The van der Waals surface area contributed by atoms with Gasteiger partial charge in [-0.05, 0) is 38.1 Å². The van der Waals surface area contributed by atoms with Gasteiger partial charge in [0.15, 0.2) is 0 Å². The molecule has 0 spiro atoms. The van der Waals surface area contributed by atoms with Gasteiger partial charge >= 0.3 is 0 Å². The minimum absolute atomic E-state index is 0.272. The van der Waals surface area contributed by atoms with Crippen LogP contribution < -0.4 is 0 Å². The summed E-state index contributed by atoms with van der Waals surface area (Å²) in [5.41, 5.74) is 1.04. The Kier molecular flexibility index (Phi) is 4.37. The van der Waals surface area contributed by atoms with Gasteiger partial charge in [0.1, 0.15) is 5.82 Å². The number of aliphatic hydroxyl groups excluding tert-OH is 1. The maximum Gasteiger partial charge on any atom is 0.129 e. The summed E-state index contributed by atoms with van der Waals surface area (Å²) in [5.74, 6) is -0.404. The van der Waals surface area contributed by atoms with E-state index in [2.05, 4.69) is 21.0 Å². The molecule has 0 aliphatic carbocycles. The number of hydrogen-bond acceptors (Lipinski definition) is 2. The maximum atomic E-state index is 13.6. The van der Waals surface area contributed by atoms with E-state index in [1.165, 1.54) is 6.07 Å². The van der Waals surface area contributed by atoms with Crippen molar-refractivity contribution in [2.24, 2.45) is 0 Å². The molecule has 0 fully saturated rings. The molecule has 0 aliphatic heterocycles. The van der Waals surface area contributed by atoms with Gasteiger partial charge in [-0.25, -0.2) is 4.39 Å². The fourth-order valence-electron chi connectivity index (χ4n) is 1.85. The molecule has 0 aliphatic rings. The quantitative estimate of drug-likeness (QED) is 0.931. The van der Waals surface area contributed by atoms with E-state index in [4.69, 9.17) is 0 Å². The standard InChI is InChI=1S/C14H16BrFN2O/c1-9(2)18-6-5-11(17-18)8-14(19)12-7-10(15)3-4-13(12)16/h3-7,9,14,19H,8H2,1-2H3. The van der Waals surface area contributed by atoms with E-state index < -0.39 is 11.9 Å². The van der Waals surface area contributed by atoms with Gasteiger partial charge < -0.3 is 5.11 Å². The average Bonchev–Trinajstić information content (AvgIpc) is 2.80. The van der Waals surface area contributed by atoms with E-state index in [0.29, 0.717) is 6.42 Å². The smallest absolute Gasteiger partial charge is 0.129 e. The van der Waals surface area contributed by atoms with Gasteiger partial charge in [-0.3, -0.25) is 4.68 Å². The fraction of sp³-hybridized carbons (Fsp3) is 0.357. The van der Waals surface area contributed by atoms with Crippen LogP contribution in [0.4, 0.5) is 4.39 Å². The van der Waals surface area contributed by atoms with E-state index in [0.717, 1.165) is 10.2 Å². The second kappa shape index (κ2) is 5.84. The molecule has 1 unspecified atom stereocenters. The van der Waals surface area contributed by atoms with Crippen molar-refractivity contribution in [3.05, 3.63) is 52.0 Å². The average molecular weight is 327 g/mol. The number of hydrogen-bond donors (Lipinski definition) is 1. The highest BCUT2D eigenvalue weighted by Crippen LogP contribution is 2.24. The third-order valence-corrected chi connectivity index (χ3v) is 3.41. The molecule has 0 saturated carbocycles. The van der Waals surface area contributed by atoms with Crippen LogP contribution in [0, 0.1) is 5.82 Å². The zero-order chi connectivity index (χ0) is 14.0. The van der Waals surface area contributed by atoms with Crippen LogP contribution in [-0.2, 0) is 6.42 Å². The van der Waals surface area contributed by atoms with Gasteiger partial charge in [0, 0.05) is 28.7 Å². The van der Waals surface area contributed by atoms with E-state index in [1.54, 1.807) is 12.1 Å². The molecule has 5 heteroatoms. The largest absolute Gasteiger partial charge is 0.388 e. The summed E-state index contributed by atoms with van der Waals surface area (Å²) in [4.78, 5) is 0. The highest BCUT2D eigenvalue weighted by atomic mass is 79.9. The van der Waals surface area contributed by atoms with Crippen molar-refractivity contribution in [3.8, 4) is 0 Å². The van der Waals surface area contributed by atoms with Crippen LogP contribution in [0.3, 0.4) is 0 Å². The molecule has 1 N–H and O–H groups in total. The van der Waals surface area contributed by atoms with Crippen LogP contribution in [-0.4, -0.2) is 14.9 Å². The molecule has 0 bridgehead atoms. The van der Waals surface area contributed by atoms with E-state index in [-0.39, 0.29) is 11.6 Å². The number of rotatable bonds is 4. The van der Waals surface area contributed by atoms with Crippen molar-refractivity contribution in [1.29, 1.82) is 0 Å². The molecule has 0 radical (unpaired) electrons. The molecule has 19 heavy (non-hydrogen) atoms. The maximum absolute atomic E-state index is 13.6. The lowest BCUT2D eigenvalue weighted by Crippen LogP contribution is -2.07. The van der Waals surface area contributed by atoms with Crippen LogP contribution in [0.5, 0.6) is 0 Å². The predicted octanol–water partition coefficient (Wildman–Crippen LogP) is 3.64. The molecule has 2 rings (SSSR count). The number of halogens is 2. The second-order valence-electron chi connectivity index (χ2n) is 4.77. The number of benzene rings is 1. The van der Waals surface area contributed by atoms with Gasteiger partial charge in [0.05, 0.1) is 11.8 Å². The first kappa shape index (κ1) is 14.2. The Morgan fingerprint density at radius 1 is 1.37 bits per heavy atom. The molecular weight excluding hydrogens is 311 g/mol. The Hall–Kier alpha value is -1.20. The van der Waals surface area contributed by atoms with Crippen LogP contribution in [0.1, 0.15) is 37.3 Å². The van der Waals surface area contributed by atoms with Crippen molar-refractivity contribution >= 4 is 15.9 Å². The topological polar surface area (TPSA) is 38.0 Å². The van der Waals surface area contributed by atoms with Crippen molar-refractivity contribution in [2.45, 2.75) is 32.4 Å². The van der Waals surface area contributed by atoms with Gasteiger partial charge in [-0.1, -0.05) is 15.9 Å². The summed E-state index contributed by atoms with van der Waals surface area (Å²) >= 11 is 3.28. The SMILES string of the molecule is CC(C)n1ccc(CC(O)c2cc(Br)ccc2F)n1. The zero-order valence-corrected chi connectivity index (χ0v) is 12.4. The highest BCUT2D eigenvalue weighted by Gasteiger charge is 2.15. The van der Waals surface area contributed by atoms with E-state index >= 15 is 0 Å². The highest BCUT2D eigenvalue weighted by molar-refractivity contribution is 9.10. The lowest BCUT2D eigenvalue weighted by Gasteiger charge is -2.11. The molecule has 2 aromatic rings. The Labute approximate surface area is 120 Å². The van der Waals surface area contributed by atoms with Crippen molar-refractivity contribution in [2.75, 3.05) is 0 Å². The molecule has 3 nitrogen and oxygen atoms in total. The second-order valence-corrected chi connectivity index (χ2v) is 5.68. The Bertz CT molecular complexity index is 568. The summed E-state index contributed by atoms with van der Waals surface area (Å²) in [6.07, 6.45) is 1.27. The molecule has 0 amide bonds. The zero-order valence-electron chi connectivity index (χ0n) is 10.8. The minimum atomic E-state index is -0.895. The molecule has 1 aromatic carbocycles. The van der Waals surface area contributed by atoms with Crippen molar-refractivity contribution in [1.82, 2.24) is 9.78 Å². The van der Waals surface area contributed by atoms with Crippen LogP contribution in [0.2, 0.25) is 0 Å². The minimum Gasteiger partial charge on any atom is -0.388 e. The first-order valence-electron chi connectivity index (χ1n) is 6.14. The number of aromatic nitrogens is 2. The third-order valence-electron chi connectivity index (χ3n) is 2.91. The Morgan fingerprint density at radius 3 is 2.74 bits per heavy atom. The molecular formula is C14H16BrFN2O. The van der Waals surface area contributed by atoms with Gasteiger partial charge in [0.25, 0.3) is 0 Å². The summed E-state index contributed by atoms with van der Waals surface area (Å²) in [6.45, 7) is 4.06. The lowest BCUT2D eigenvalue weighted by molar-refractivity contribution is 0.172. The fourth-order valence-corrected chi connectivity index (χ4v) is 2.23. The summed E-state index contributed by atoms with van der Waals surface area (Å²) in [6, 6.07) is 6.67. The summed E-state index contributed by atoms with van der Waals surface area (Å²) < 4.78 is 16.2. The first-order valence-corrected chi connectivity index (χ1v) is 6.93. The lowest BCUT2D eigenvalue weighted by atomic mass is 10.0. The number of nitrogens with zero attached hydrogens (tertiary/aromatic N) is 2. The van der Waals surface area contributed by atoms with Crippen LogP contribution >= 0.6 is 15.9 Å².